The molecule has 1 atom stereocenters. The fourth-order valence-corrected chi connectivity index (χ4v) is 4.47. The number of halogens is 1. The van der Waals surface area contributed by atoms with Crippen molar-refractivity contribution in [3.8, 4) is 0 Å². The van der Waals surface area contributed by atoms with Crippen LogP contribution in [0, 0.1) is 6.92 Å². The minimum atomic E-state index is -4.12. The maximum absolute atomic E-state index is 11.9. The molecule has 0 saturated carbocycles. The van der Waals surface area contributed by atoms with Gasteiger partial charge in [-0.05, 0) is 24.6 Å². The van der Waals surface area contributed by atoms with Crippen molar-refractivity contribution in [1.29, 1.82) is 0 Å². The Morgan fingerprint density at radius 1 is 1.27 bits per heavy atom. The first-order chi connectivity index (χ1) is 6.71. The van der Waals surface area contributed by atoms with Crippen LogP contribution in [0.1, 0.15) is 5.56 Å². The maximum Gasteiger partial charge on any atom is 0.347 e. The highest BCUT2D eigenvalue weighted by atomic mass is 35.7. The fourth-order valence-electron chi connectivity index (χ4n) is 1.06. The summed E-state index contributed by atoms with van der Waals surface area (Å²) in [5, 5.41) is 0. The number of aryl methyl sites for hydroxylation is 1. The molecular formula is C8H10ClNO3S2. The van der Waals surface area contributed by atoms with Gasteiger partial charge in [0, 0.05) is 21.8 Å². The van der Waals surface area contributed by atoms with Crippen LogP contribution >= 0.6 is 10.7 Å². The van der Waals surface area contributed by atoms with Crippen molar-refractivity contribution in [3.05, 3.63) is 29.8 Å². The summed E-state index contributed by atoms with van der Waals surface area (Å²) in [6.45, 7) is 1.81. The number of nitrogens with zero attached hydrogens (tertiary/aromatic N) is 1. The SMILES string of the molecule is Cc1cccc([S@@](C)(=O)=NS(=O)(=O)Cl)c1. The average molecular weight is 268 g/mol. The Kier molecular flexibility index (Phi) is 3.42. The number of benzene rings is 1. The van der Waals surface area contributed by atoms with E-state index >= 15 is 0 Å². The van der Waals surface area contributed by atoms with E-state index in [0.29, 0.717) is 4.90 Å². The van der Waals surface area contributed by atoms with Gasteiger partial charge in [0.2, 0.25) is 0 Å². The standard InChI is InChI=1S/C8H10ClNO3S2/c1-7-4-3-5-8(6-7)14(2,11)10-15(9,12)13/h3-6H,1-2H3/t14-/m1/s1. The molecule has 0 aliphatic rings. The van der Waals surface area contributed by atoms with Crippen LogP contribution in [0.5, 0.6) is 0 Å². The first kappa shape index (κ1) is 12.5. The molecule has 1 aromatic rings. The normalized spacial score (nSPS) is 15.7. The monoisotopic (exact) mass is 267 g/mol. The number of hydrogen-bond donors (Lipinski definition) is 0. The molecule has 0 saturated heterocycles. The second-order valence-corrected chi connectivity index (χ2v) is 7.77. The Morgan fingerprint density at radius 2 is 1.87 bits per heavy atom. The van der Waals surface area contributed by atoms with E-state index in [1.165, 1.54) is 6.26 Å². The van der Waals surface area contributed by atoms with Crippen LogP contribution < -0.4 is 0 Å². The predicted octanol–water partition coefficient (Wildman–Crippen LogP) is 1.94. The number of rotatable bonds is 2. The van der Waals surface area contributed by atoms with Crippen molar-refractivity contribution in [1.82, 2.24) is 0 Å². The molecule has 0 aliphatic carbocycles. The van der Waals surface area contributed by atoms with E-state index in [0.717, 1.165) is 5.56 Å². The minimum absolute atomic E-state index is 0.353. The van der Waals surface area contributed by atoms with Gasteiger partial charge >= 0.3 is 9.24 Å². The van der Waals surface area contributed by atoms with Crippen LogP contribution in [0.3, 0.4) is 0 Å². The molecule has 0 aromatic heterocycles. The summed E-state index contributed by atoms with van der Waals surface area (Å²) < 4.78 is 36.5. The molecule has 0 heterocycles. The van der Waals surface area contributed by atoms with Crippen LogP contribution in [0.2, 0.25) is 0 Å². The van der Waals surface area contributed by atoms with Gasteiger partial charge in [-0.15, -0.1) is 0 Å². The molecule has 0 aliphatic heterocycles. The van der Waals surface area contributed by atoms with Crippen molar-refractivity contribution in [2.45, 2.75) is 11.8 Å². The lowest BCUT2D eigenvalue weighted by atomic mass is 10.2. The summed E-state index contributed by atoms with van der Waals surface area (Å²) in [4.78, 5) is 0.353. The molecule has 0 fully saturated rings. The van der Waals surface area contributed by atoms with Crippen molar-refractivity contribution >= 4 is 29.6 Å². The van der Waals surface area contributed by atoms with E-state index < -0.39 is 19.0 Å². The molecule has 0 unspecified atom stereocenters. The van der Waals surface area contributed by atoms with Crippen molar-refractivity contribution in [2.75, 3.05) is 6.26 Å². The third-order valence-electron chi connectivity index (χ3n) is 1.66. The third kappa shape index (κ3) is 3.81. The van der Waals surface area contributed by atoms with Gasteiger partial charge in [-0.25, -0.2) is 4.21 Å². The van der Waals surface area contributed by atoms with Crippen LogP contribution in [-0.2, 0) is 19.0 Å². The third-order valence-corrected chi connectivity index (χ3v) is 5.14. The Hall–Kier alpha value is -0.590. The first-order valence-corrected chi connectivity index (χ1v) is 8.14. The van der Waals surface area contributed by atoms with Crippen LogP contribution in [-0.4, -0.2) is 18.9 Å². The Bertz CT molecular complexity index is 586. The van der Waals surface area contributed by atoms with Gasteiger partial charge in [0.1, 0.15) is 0 Å². The predicted molar refractivity (Wildman–Crippen MR) is 60.7 cm³/mol. The van der Waals surface area contributed by atoms with Crippen molar-refractivity contribution in [2.24, 2.45) is 3.77 Å². The molecular weight excluding hydrogens is 258 g/mol. The topological polar surface area (TPSA) is 63.6 Å². The van der Waals surface area contributed by atoms with Gasteiger partial charge in [-0.3, -0.25) is 0 Å². The lowest BCUT2D eigenvalue weighted by molar-refractivity contribution is 0.611. The summed E-state index contributed by atoms with van der Waals surface area (Å²) in [6, 6.07) is 6.67. The van der Waals surface area contributed by atoms with Gasteiger partial charge in [0.25, 0.3) is 0 Å². The highest BCUT2D eigenvalue weighted by molar-refractivity contribution is 8.17. The molecule has 7 heteroatoms. The van der Waals surface area contributed by atoms with Crippen molar-refractivity contribution < 1.29 is 12.6 Å². The molecule has 0 bridgehead atoms. The van der Waals surface area contributed by atoms with E-state index in [2.05, 4.69) is 3.77 Å². The second kappa shape index (κ2) is 4.11. The highest BCUT2D eigenvalue weighted by Gasteiger charge is 2.11. The molecule has 0 spiro atoms. The van der Waals surface area contributed by atoms with Crippen molar-refractivity contribution in [3.63, 3.8) is 0 Å². The highest BCUT2D eigenvalue weighted by Crippen LogP contribution is 2.15. The molecule has 0 amide bonds. The van der Waals surface area contributed by atoms with Gasteiger partial charge in [-0.1, -0.05) is 15.9 Å². The Morgan fingerprint density at radius 3 is 2.33 bits per heavy atom. The van der Waals surface area contributed by atoms with Gasteiger partial charge in [0.05, 0.1) is 9.73 Å². The minimum Gasteiger partial charge on any atom is -0.244 e. The second-order valence-electron chi connectivity index (χ2n) is 3.11. The maximum atomic E-state index is 11.9. The van der Waals surface area contributed by atoms with E-state index in [9.17, 15) is 12.6 Å². The molecule has 84 valence electrons. The molecule has 15 heavy (non-hydrogen) atoms. The summed E-state index contributed by atoms with van der Waals surface area (Å²) in [7, 11) is -2.17. The van der Waals surface area contributed by atoms with E-state index in [1.54, 1.807) is 18.2 Å². The lowest BCUT2D eigenvalue weighted by Gasteiger charge is -2.03. The van der Waals surface area contributed by atoms with Gasteiger partial charge < -0.3 is 0 Å². The van der Waals surface area contributed by atoms with Crippen LogP contribution in [0.15, 0.2) is 32.9 Å². The average Bonchev–Trinajstić information content (AvgIpc) is 1.99. The molecule has 0 radical (unpaired) electrons. The summed E-state index contributed by atoms with van der Waals surface area (Å²) in [6.07, 6.45) is 1.24. The van der Waals surface area contributed by atoms with E-state index in [1.807, 2.05) is 13.0 Å². The largest absolute Gasteiger partial charge is 0.347 e. The summed E-state index contributed by atoms with van der Waals surface area (Å²) in [5.74, 6) is 0. The Balaban J connectivity index is 3.43. The molecule has 1 aromatic carbocycles. The quantitative estimate of drug-likeness (QED) is 0.769. The smallest absolute Gasteiger partial charge is 0.244 e. The van der Waals surface area contributed by atoms with Crippen LogP contribution in [0.4, 0.5) is 0 Å². The van der Waals surface area contributed by atoms with E-state index in [4.69, 9.17) is 10.7 Å². The fraction of sp³-hybridized carbons (Fsp3) is 0.250. The zero-order chi connectivity index (χ0) is 11.7. The zero-order valence-corrected chi connectivity index (χ0v) is 10.6. The Labute approximate surface area is 94.0 Å². The molecule has 1 rings (SSSR count). The molecule has 4 nitrogen and oxygen atoms in total. The first-order valence-electron chi connectivity index (χ1n) is 3.95. The lowest BCUT2D eigenvalue weighted by Crippen LogP contribution is -2.00. The summed E-state index contributed by atoms with van der Waals surface area (Å²) >= 11 is 0. The zero-order valence-electron chi connectivity index (χ0n) is 8.18. The van der Waals surface area contributed by atoms with Gasteiger partial charge in [-0.2, -0.15) is 8.42 Å². The van der Waals surface area contributed by atoms with Gasteiger partial charge in [0.15, 0.2) is 0 Å². The van der Waals surface area contributed by atoms with Crippen LogP contribution in [0.25, 0.3) is 0 Å². The summed E-state index contributed by atoms with van der Waals surface area (Å²) in [5.41, 5.74) is 0.879. The van der Waals surface area contributed by atoms with E-state index in [-0.39, 0.29) is 0 Å². The molecule has 0 N–H and O–H groups in total. The number of hydrogen-bond acceptors (Lipinski definition) is 3.